The summed E-state index contributed by atoms with van der Waals surface area (Å²) in [6, 6.07) is 11.6. The van der Waals surface area contributed by atoms with Crippen molar-refractivity contribution in [3.8, 4) is 22.4 Å². The van der Waals surface area contributed by atoms with Gasteiger partial charge >= 0.3 is 0 Å². The van der Waals surface area contributed by atoms with Crippen molar-refractivity contribution in [1.82, 2.24) is 15.0 Å². The lowest BCUT2D eigenvalue weighted by atomic mass is 10.1. The fourth-order valence-electron chi connectivity index (χ4n) is 1.80. The van der Waals surface area contributed by atoms with E-state index in [-0.39, 0.29) is 0 Å². The molecule has 0 radical (unpaired) electrons. The molecule has 0 spiro atoms. The van der Waals surface area contributed by atoms with Crippen LogP contribution >= 0.6 is 11.6 Å². The summed E-state index contributed by atoms with van der Waals surface area (Å²) in [6.45, 7) is 0. The highest BCUT2D eigenvalue weighted by molar-refractivity contribution is 6.29. The Morgan fingerprint density at radius 1 is 0.737 bits per heavy atom. The summed E-state index contributed by atoms with van der Waals surface area (Å²) in [7, 11) is 0. The van der Waals surface area contributed by atoms with Gasteiger partial charge in [0.05, 0.1) is 5.69 Å². The summed E-state index contributed by atoms with van der Waals surface area (Å²) >= 11 is 5.77. The molecular formula is C15H10ClN3. The van der Waals surface area contributed by atoms with Crippen molar-refractivity contribution in [2.75, 3.05) is 0 Å². The zero-order valence-corrected chi connectivity index (χ0v) is 10.7. The summed E-state index contributed by atoms with van der Waals surface area (Å²) in [5, 5.41) is 0.490. The number of pyridine rings is 3. The molecule has 0 N–H and O–H groups in total. The largest absolute Gasteiger partial charge is 0.264 e. The van der Waals surface area contributed by atoms with Crippen LogP contribution in [0.25, 0.3) is 22.4 Å². The summed E-state index contributed by atoms with van der Waals surface area (Å²) in [4.78, 5) is 12.6. The van der Waals surface area contributed by atoms with E-state index in [1.807, 2.05) is 36.5 Å². The van der Waals surface area contributed by atoms with E-state index < -0.39 is 0 Å². The van der Waals surface area contributed by atoms with Gasteiger partial charge < -0.3 is 0 Å². The van der Waals surface area contributed by atoms with Crippen molar-refractivity contribution < 1.29 is 0 Å². The maximum Gasteiger partial charge on any atom is 0.129 e. The lowest BCUT2D eigenvalue weighted by Crippen LogP contribution is -1.86. The molecule has 0 bridgehead atoms. The maximum atomic E-state index is 5.77. The van der Waals surface area contributed by atoms with E-state index in [2.05, 4.69) is 15.0 Å². The van der Waals surface area contributed by atoms with Crippen LogP contribution in [0.1, 0.15) is 0 Å². The Hall–Kier alpha value is -2.26. The third-order valence-electron chi connectivity index (χ3n) is 2.78. The van der Waals surface area contributed by atoms with Crippen LogP contribution in [-0.2, 0) is 0 Å². The molecular weight excluding hydrogens is 258 g/mol. The zero-order chi connectivity index (χ0) is 13.1. The monoisotopic (exact) mass is 267 g/mol. The topological polar surface area (TPSA) is 38.7 Å². The van der Waals surface area contributed by atoms with E-state index in [1.165, 1.54) is 0 Å². The summed E-state index contributed by atoms with van der Waals surface area (Å²) in [5.74, 6) is 0. The Morgan fingerprint density at radius 2 is 1.53 bits per heavy atom. The zero-order valence-electron chi connectivity index (χ0n) is 9.99. The lowest BCUT2D eigenvalue weighted by molar-refractivity contribution is 1.27. The second-order valence-electron chi connectivity index (χ2n) is 4.04. The Balaban J connectivity index is 1.93. The van der Waals surface area contributed by atoms with E-state index in [9.17, 15) is 0 Å². The number of halogens is 1. The van der Waals surface area contributed by atoms with Gasteiger partial charge in [-0.2, -0.15) is 0 Å². The van der Waals surface area contributed by atoms with Crippen molar-refractivity contribution >= 4 is 11.6 Å². The van der Waals surface area contributed by atoms with E-state index in [0.717, 1.165) is 22.4 Å². The maximum absolute atomic E-state index is 5.77. The molecule has 0 aromatic carbocycles. The summed E-state index contributed by atoms with van der Waals surface area (Å²) in [6.07, 6.45) is 7.11. The predicted octanol–water partition coefficient (Wildman–Crippen LogP) is 3.86. The number of nitrogens with zero attached hydrogens (tertiary/aromatic N) is 3. The molecule has 0 unspecified atom stereocenters. The van der Waals surface area contributed by atoms with E-state index in [0.29, 0.717) is 5.15 Å². The molecule has 3 aromatic rings. The molecule has 0 aliphatic rings. The van der Waals surface area contributed by atoms with Crippen LogP contribution in [0.4, 0.5) is 0 Å². The van der Waals surface area contributed by atoms with Gasteiger partial charge in [0.25, 0.3) is 0 Å². The minimum Gasteiger partial charge on any atom is -0.264 e. The van der Waals surface area contributed by atoms with Crippen LogP contribution in [0.15, 0.2) is 61.2 Å². The molecule has 3 aromatic heterocycles. The van der Waals surface area contributed by atoms with Gasteiger partial charge in [0, 0.05) is 41.5 Å². The Morgan fingerprint density at radius 3 is 2.11 bits per heavy atom. The summed E-state index contributed by atoms with van der Waals surface area (Å²) < 4.78 is 0. The van der Waals surface area contributed by atoms with Gasteiger partial charge in [0.15, 0.2) is 0 Å². The first-order chi connectivity index (χ1) is 9.33. The van der Waals surface area contributed by atoms with Gasteiger partial charge in [0.2, 0.25) is 0 Å². The average molecular weight is 268 g/mol. The Kier molecular flexibility index (Phi) is 3.21. The summed E-state index contributed by atoms with van der Waals surface area (Å²) in [5.41, 5.74) is 3.91. The minimum absolute atomic E-state index is 0.490. The molecule has 19 heavy (non-hydrogen) atoms. The molecule has 3 nitrogen and oxygen atoms in total. The SMILES string of the molecule is Clc1ccc(-c2ccc(-c3cccnc3)nc2)cn1. The number of rotatable bonds is 2. The normalized spacial score (nSPS) is 10.4. The van der Waals surface area contributed by atoms with E-state index in [4.69, 9.17) is 11.6 Å². The molecule has 3 heterocycles. The van der Waals surface area contributed by atoms with Crippen LogP contribution in [-0.4, -0.2) is 15.0 Å². The average Bonchev–Trinajstić information content (AvgIpc) is 2.49. The molecule has 0 aliphatic carbocycles. The van der Waals surface area contributed by atoms with Gasteiger partial charge in [-0.3, -0.25) is 9.97 Å². The van der Waals surface area contributed by atoms with E-state index >= 15 is 0 Å². The van der Waals surface area contributed by atoms with Crippen molar-refractivity contribution in [2.45, 2.75) is 0 Å². The van der Waals surface area contributed by atoms with Gasteiger partial charge in [0.1, 0.15) is 5.15 Å². The first-order valence-electron chi connectivity index (χ1n) is 5.81. The highest BCUT2D eigenvalue weighted by atomic mass is 35.5. The highest BCUT2D eigenvalue weighted by Crippen LogP contribution is 2.22. The highest BCUT2D eigenvalue weighted by Gasteiger charge is 2.02. The van der Waals surface area contributed by atoms with Crippen LogP contribution in [0.2, 0.25) is 5.15 Å². The molecule has 0 fully saturated rings. The first-order valence-corrected chi connectivity index (χ1v) is 6.19. The third-order valence-corrected chi connectivity index (χ3v) is 3.01. The number of hydrogen-bond donors (Lipinski definition) is 0. The van der Waals surface area contributed by atoms with Crippen molar-refractivity contribution in [1.29, 1.82) is 0 Å². The lowest BCUT2D eigenvalue weighted by Gasteiger charge is -2.03. The second kappa shape index (κ2) is 5.16. The quantitative estimate of drug-likeness (QED) is 0.662. The van der Waals surface area contributed by atoms with Gasteiger partial charge in [-0.15, -0.1) is 0 Å². The number of aromatic nitrogens is 3. The molecule has 4 heteroatoms. The third kappa shape index (κ3) is 2.61. The molecule has 0 amide bonds. The molecule has 0 saturated carbocycles. The van der Waals surface area contributed by atoms with Crippen LogP contribution < -0.4 is 0 Å². The smallest absolute Gasteiger partial charge is 0.129 e. The van der Waals surface area contributed by atoms with Crippen LogP contribution in [0.3, 0.4) is 0 Å². The minimum atomic E-state index is 0.490. The van der Waals surface area contributed by atoms with Crippen molar-refractivity contribution in [3.63, 3.8) is 0 Å². The molecule has 92 valence electrons. The van der Waals surface area contributed by atoms with Gasteiger partial charge in [-0.05, 0) is 30.3 Å². The standard InChI is InChI=1S/C15H10ClN3/c16-15-6-4-12(10-19-15)11-3-5-14(18-9-11)13-2-1-7-17-8-13/h1-10H. The van der Waals surface area contributed by atoms with Gasteiger partial charge in [-0.25, -0.2) is 4.98 Å². The Bertz CT molecular complexity index is 664. The van der Waals surface area contributed by atoms with Crippen molar-refractivity contribution in [2.24, 2.45) is 0 Å². The van der Waals surface area contributed by atoms with Crippen molar-refractivity contribution in [3.05, 3.63) is 66.3 Å². The van der Waals surface area contributed by atoms with E-state index in [1.54, 1.807) is 24.7 Å². The first kappa shape index (κ1) is 11.8. The Labute approximate surface area is 116 Å². The molecule has 0 saturated heterocycles. The van der Waals surface area contributed by atoms with Crippen LogP contribution in [0.5, 0.6) is 0 Å². The number of hydrogen-bond acceptors (Lipinski definition) is 3. The van der Waals surface area contributed by atoms with Crippen LogP contribution in [0, 0.1) is 0 Å². The molecule has 0 aliphatic heterocycles. The predicted molar refractivity (Wildman–Crippen MR) is 75.7 cm³/mol. The fourth-order valence-corrected chi connectivity index (χ4v) is 1.91. The molecule has 0 atom stereocenters. The second-order valence-corrected chi connectivity index (χ2v) is 4.43. The fraction of sp³-hybridized carbons (Fsp3) is 0. The van der Waals surface area contributed by atoms with Gasteiger partial charge in [-0.1, -0.05) is 17.7 Å². The molecule has 3 rings (SSSR count).